The third-order valence-electron chi connectivity index (χ3n) is 2.82. The first-order valence-corrected chi connectivity index (χ1v) is 5.16. The average Bonchev–Trinajstić information content (AvgIpc) is 2.51. The van der Waals surface area contributed by atoms with Gasteiger partial charge in [0.05, 0.1) is 12.7 Å². The number of aliphatic hydroxyl groups excluding tert-OH is 1. The molecule has 0 spiro atoms. The van der Waals surface area contributed by atoms with Crippen molar-refractivity contribution in [1.29, 1.82) is 0 Å². The fraction of sp³-hybridized carbons (Fsp3) is 1.00. The summed E-state index contributed by atoms with van der Waals surface area (Å²) in [5.41, 5.74) is 0. The molecule has 84 valence electrons. The highest BCUT2D eigenvalue weighted by Crippen LogP contribution is 2.25. The normalized spacial score (nSPS) is 29.8. The molecule has 3 atom stereocenters. The minimum absolute atomic E-state index is 0.0125. The van der Waals surface area contributed by atoms with E-state index < -0.39 is 12.3 Å². The Bertz CT molecular complexity index is 168. The second-order valence-electron chi connectivity index (χ2n) is 4.06. The highest BCUT2D eigenvalue weighted by atomic mass is 19.1. The summed E-state index contributed by atoms with van der Waals surface area (Å²) in [6, 6.07) is -0.0125. The SMILES string of the molecule is COCC(O)CN(C)[C@@H]1CCC[C@H]1F. The number of halogens is 1. The monoisotopic (exact) mass is 205 g/mol. The van der Waals surface area contributed by atoms with Gasteiger partial charge in [0.25, 0.3) is 0 Å². The zero-order valence-electron chi connectivity index (χ0n) is 8.95. The Hall–Kier alpha value is -0.190. The van der Waals surface area contributed by atoms with E-state index in [0.717, 1.165) is 12.8 Å². The molecule has 1 aliphatic carbocycles. The van der Waals surface area contributed by atoms with Crippen molar-refractivity contribution in [2.75, 3.05) is 27.3 Å². The predicted molar refractivity (Wildman–Crippen MR) is 53.0 cm³/mol. The molecule has 4 heteroatoms. The Kier molecular flexibility index (Phi) is 4.78. The van der Waals surface area contributed by atoms with Gasteiger partial charge in [-0.15, -0.1) is 0 Å². The fourth-order valence-electron chi connectivity index (χ4n) is 2.10. The number of hydrogen-bond donors (Lipinski definition) is 1. The van der Waals surface area contributed by atoms with Crippen LogP contribution in [-0.4, -0.2) is 55.6 Å². The van der Waals surface area contributed by atoms with Gasteiger partial charge in [-0.25, -0.2) is 4.39 Å². The van der Waals surface area contributed by atoms with Crippen molar-refractivity contribution in [3.05, 3.63) is 0 Å². The number of methoxy groups -OCH3 is 1. The van der Waals surface area contributed by atoms with Crippen LogP contribution in [-0.2, 0) is 4.74 Å². The van der Waals surface area contributed by atoms with E-state index in [1.54, 1.807) is 7.11 Å². The molecule has 0 aliphatic heterocycles. The van der Waals surface area contributed by atoms with Crippen molar-refractivity contribution >= 4 is 0 Å². The van der Waals surface area contributed by atoms with E-state index >= 15 is 0 Å². The number of hydrogen-bond acceptors (Lipinski definition) is 3. The molecular formula is C10H20FNO2. The van der Waals surface area contributed by atoms with Gasteiger partial charge in [0.15, 0.2) is 0 Å². The maximum Gasteiger partial charge on any atom is 0.116 e. The Morgan fingerprint density at radius 2 is 2.29 bits per heavy atom. The standard InChI is InChI=1S/C10H20FNO2/c1-12(6-8(13)7-14-2)10-5-3-4-9(10)11/h8-10,13H,3-7H2,1-2H3/t8?,9-,10-/m1/s1. The van der Waals surface area contributed by atoms with Crippen molar-refractivity contribution in [3.8, 4) is 0 Å². The van der Waals surface area contributed by atoms with Gasteiger partial charge in [-0.1, -0.05) is 0 Å². The topological polar surface area (TPSA) is 32.7 Å². The average molecular weight is 205 g/mol. The van der Waals surface area contributed by atoms with Gasteiger partial charge >= 0.3 is 0 Å². The van der Waals surface area contributed by atoms with E-state index in [1.807, 2.05) is 11.9 Å². The molecule has 14 heavy (non-hydrogen) atoms. The van der Waals surface area contributed by atoms with E-state index in [-0.39, 0.29) is 6.04 Å². The summed E-state index contributed by atoms with van der Waals surface area (Å²) in [7, 11) is 3.41. The molecule has 0 radical (unpaired) electrons. The molecule has 0 amide bonds. The zero-order valence-corrected chi connectivity index (χ0v) is 8.95. The molecule has 0 bridgehead atoms. The molecule has 3 nitrogen and oxygen atoms in total. The largest absolute Gasteiger partial charge is 0.389 e. The lowest BCUT2D eigenvalue weighted by atomic mass is 10.2. The van der Waals surface area contributed by atoms with Gasteiger partial charge in [0, 0.05) is 19.7 Å². The summed E-state index contributed by atoms with van der Waals surface area (Å²) in [4.78, 5) is 1.90. The molecule has 0 aromatic rings. The van der Waals surface area contributed by atoms with Crippen molar-refractivity contribution in [3.63, 3.8) is 0 Å². The Labute approximate surface area is 84.9 Å². The van der Waals surface area contributed by atoms with Gasteiger partial charge < -0.3 is 9.84 Å². The first kappa shape index (κ1) is 11.9. The first-order chi connectivity index (χ1) is 6.65. The van der Waals surface area contributed by atoms with Crippen LogP contribution in [0.5, 0.6) is 0 Å². The second kappa shape index (κ2) is 5.63. The zero-order chi connectivity index (χ0) is 10.6. The molecule has 1 N–H and O–H groups in total. The molecule has 0 aromatic carbocycles. The van der Waals surface area contributed by atoms with Crippen LogP contribution >= 0.6 is 0 Å². The highest BCUT2D eigenvalue weighted by Gasteiger charge is 2.30. The van der Waals surface area contributed by atoms with Crippen LogP contribution in [0.2, 0.25) is 0 Å². The van der Waals surface area contributed by atoms with Crippen LogP contribution in [0.1, 0.15) is 19.3 Å². The number of nitrogens with zero attached hydrogens (tertiary/aromatic N) is 1. The number of rotatable bonds is 5. The fourth-order valence-corrected chi connectivity index (χ4v) is 2.10. The van der Waals surface area contributed by atoms with Gasteiger partial charge in [-0.3, -0.25) is 4.90 Å². The summed E-state index contributed by atoms with van der Waals surface area (Å²) in [6.45, 7) is 0.799. The van der Waals surface area contributed by atoms with Crippen molar-refractivity contribution in [2.24, 2.45) is 0 Å². The van der Waals surface area contributed by atoms with Gasteiger partial charge in [0.1, 0.15) is 6.17 Å². The molecule has 0 aromatic heterocycles. The lowest BCUT2D eigenvalue weighted by Crippen LogP contribution is -2.41. The Morgan fingerprint density at radius 3 is 2.79 bits per heavy atom. The third-order valence-corrected chi connectivity index (χ3v) is 2.82. The van der Waals surface area contributed by atoms with Crippen LogP contribution < -0.4 is 0 Å². The molecule has 1 rings (SSSR count). The molecular weight excluding hydrogens is 185 g/mol. The van der Waals surface area contributed by atoms with E-state index in [1.165, 1.54) is 0 Å². The smallest absolute Gasteiger partial charge is 0.116 e. The molecule has 1 aliphatic rings. The summed E-state index contributed by atoms with van der Waals surface area (Å²) >= 11 is 0. The van der Waals surface area contributed by atoms with Crippen LogP contribution in [0.25, 0.3) is 0 Å². The molecule has 1 unspecified atom stereocenters. The Morgan fingerprint density at radius 1 is 1.57 bits per heavy atom. The highest BCUT2D eigenvalue weighted by molar-refractivity contribution is 4.84. The molecule has 1 saturated carbocycles. The van der Waals surface area contributed by atoms with Crippen LogP contribution in [0.15, 0.2) is 0 Å². The number of likely N-dealkylation sites (N-methyl/N-ethyl adjacent to an activating group) is 1. The molecule has 1 fully saturated rings. The van der Waals surface area contributed by atoms with E-state index in [2.05, 4.69) is 0 Å². The van der Waals surface area contributed by atoms with Crippen molar-refractivity contribution in [1.82, 2.24) is 4.90 Å². The molecule has 0 saturated heterocycles. The lowest BCUT2D eigenvalue weighted by Gasteiger charge is -2.27. The summed E-state index contributed by atoms with van der Waals surface area (Å²) in [6.07, 6.45) is 1.27. The minimum atomic E-state index is -0.727. The van der Waals surface area contributed by atoms with Crippen LogP contribution in [0.4, 0.5) is 4.39 Å². The van der Waals surface area contributed by atoms with Gasteiger partial charge in [-0.05, 0) is 26.3 Å². The summed E-state index contributed by atoms with van der Waals surface area (Å²) in [5.74, 6) is 0. The quantitative estimate of drug-likeness (QED) is 0.721. The first-order valence-electron chi connectivity index (χ1n) is 5.16. The maximum atomic E-state index is 13.3. The minimum Gasteiger partial charge on any atom is -0.389 e. The van der Waals surface area contributed by atoms with Crippen LogP contribution in [0, 0.1) is 0 Å². The lowest BCUT2D eigenvalue weighted by molar-refractivity contribution is 0.0270. The summed E-state index contributed by atoms with van der Waals surface area (Å²) in [5, 5.41) is 9.48. The van der Waals surface area contributed by atoms with E-state index in [4.69, 9.17) is 4.74 Å². The summed E-state index contributed by atoms with van der Waals surface area (Å²) < 4.78 is 18.1. The third kappa shape index (κ3) is 3.19. The van der Waals surface area contributed by atoms with Gasteiger partial charge in [0.2, 0.25) is 0 Å². The molecule has 0 heterocycles. The van der Waals surface area contributed by atoms with E-state index in [9.17, 15) is 9.50 Å². The van der Waals surface area contributed by atoms with Crippen molar-refractivity contribution < 1.29 is 14.2 Å². The number of alkyl halides is 1. The number of aliphatic hydroxyl groups is 1. The van der Waals surface area contributed by atoms with E-state index in [0.29, 0.717) is 19.6 Å². The van der Waals surface area contributed by atoms with Crippen LogP contribution in [0.3, 0.4) is 0 Å². The predicted octanol–water partition coefficient (Wildman–Crippen LogP) is 0.816. The number of ether oxygens (including phenoxy) is 1. The van der Waals surface area contributed by atoms with Gasteiger partial charge in [-0.2, -0.15) is 0 Å². The maximum absolute atomic E-state index is 13.3. The second-order valence-corrected chi connectivity index (χ2v) is 4.06. The van der Waals surface area contributed by atoms with Crippen molar-refractivity contribution in [2.45, 2.75) is 37.6 Å². The Balaban J connectivity index is 2.29.